The third-order valence-corrected chi connectivity index (χ3v) is 4.41. The van der Waals surface area contributed by atoms with Crippen molar-refractivity contribution >= 4 is 35.0 Å². The average molecular weight is 428 g/mol. The number of nitrogens with zero attached hydrogens (tertiary/aromatic N) is 1. The third-order valence-electron chi connectivity index (χ3n) is 4.16. The highest BCUT2D eigenvalue weighted by molar-refractivity contribution is 6.30. The minimum Gasteiger partial charge on any atom is -0.427 e. The summed E-state index contributed by atoms with van der Waals surface area (Å²) in [6.45, 7) is 4.67. The van der Waals surface area contributed by atoms with Crippen LogP contribution in [-0.4, -0.2) is 28.7 Å². The molecule has 1 heterocycles. The van der Waals surface area contributed by atoms with E-state index in [9.17, 15) is 9.59 Å². The predicted octanol–water partition coefficient (Wildman–Crippen LogP) is 5.18. The van der Waals surface area contributed by atoms with Crippen LogP contribution in [0.2, 0.25) is 5.02 Å². The molecule has 0 amide bonds. The van der Waals surface area contributed by atoms with Gasteiger partial charge >= 0.3 is 11.9 Å². The van der Waals surface area contributed by atoms with E-state index in [-0.39, 0.29) is 5.69 Å². The van der Waals surface area contributed by atoms with Crippen LogP contribution in [0.15, 0.2) is 54.9 Å². The summed E-state index contributed by atoms with van der Waals surface area (Å²) in [7, 11) is 0. The van der Waals surface area contributed by atoms with Crippen LogP contribution in [0.3, 0.4) is 0 Å². The van der Waals surface area contributed by atoms with Crippen LogP contribution in [0.5, 0.6) is 0 Å². The van der Waals surface area contributed by atoms with Gasteiger partial charge in [-0.3, -0.25) is 4.79 Å². The maximum Gasteiger partial charge on any atom is 0.361 e. The Bertz CT molecular complexity index is 1020. The Balaban J connectivity index is 1.62. The van der Waals surface area contributed by atoms with Gasteiger partial charge in [-0.2, -0.15) is 0 Å². The van der Waals surface area contributed by atoms with Crippen molar-refractivity contribution in [1.82, 2.24) is 9.97 Å². The number of nitrogens with one attached hydrogen (secondary N) is 2. The van der Waals surface area contributed by atoms with Gasteiger partial charge in [0.05, 0.1) is 11.7 Å². The molecular formula is C22H22ClN3O4. The van der Waals surface area contributed by atoms with Gasteiger partial charge in [0, 0.05) is 10.7 Å². The maximum atomic E-state index is 12.3. The van der Waals surface area contributed by atoms with Crippen LogP contribution < -0.4 is 5.32 Å². The number of aromatic nitrogens is 2. The third kappa shape index (κ3) is 5.39. The lowest BCUT2D eigenvalue weighted by Gasteiger charge is -2.16. The molecule has 3 aromatic rings. The monoisotopic (exact) mass is 427 g/mol. The van der Waals surface area contributed by atoms with Gasteiger partial charge in [0.2, 0.25) is 6.79 Å². The number of esters is 2. The van der Waals surface area contributed by atoms with Crippen molar-refractivity contribution in [3.63, 3.8) is 0 Å². The lowest BCUT2D eigenvalue weighted by Crippen LogP contribution is -2.24. The highest BCUT2D eigenvalue weighted by Crippen LogP contribution is 2.25. The Morgan fingerprint density at radius 3 is 2.20 bits per heavy atom. The highest BCUT2D eigenvalue weighted by Gasteiger charge is 2.24. The van der Waals surface area contributed by atoms with Gasteiger partial charge in [0.25, 0.3) is 0 Å². The molecule has 0 atom stereocenters. The molecule has 3 rings (SSSR count). The number of benzene rings is 2. The van der Waals surface area contributed by atoms with E-state index in [1.54, 1.807) is 20.8 Å². The molecule has 0 saturated carbocycles. The Kier molecular flexibility index (Phi) is 6.42. The van der Waals surface area contributed by atoms with E-state index < -0.39 is 24.1 Å². The fourth-order valence-corrected chi connectivity index (χ4v) is 2.62. The number of aromatic amines is 1. The van der Waals surface area contributed by atoms with Gasteiger partial charge in [-0.25, -0.2) is 9.78 Å². The van der Waals surface area contributed by atoms with E-state index in [1.165, 1.54) is 6.33 Å². The summed E-state index contributed by atoms with van der Waals surface area (Å²) in [6, 6.07) is 15.2. The van der Waals surface area contributed by atoms with E-state index in [2.05, 4.69) is 15.3 Å². The molecule has 0 aliphatic carbocycles. The van der Waals surface area contributed by atoms with Gasteiger partial charge in [-0.1, -0.05) is 35.9 Å². The van der Waals surface area contributed by atoms with Gasteiger partial charge < -0.3 is 19.8 Å². The van der Waals surface area contributed by atoms with E-state index in [0.29, 0.717) is 10.8 Å². The highest BCUT2D eigenvalue weighted by atomic mass is 35.5. The molecule has 0 aliphatic rings. The van der Waals surface area contributed by atoms with E-state index in [4.69, 9.17) is 21.1 Å². The molecule has 156 valence electrons. The molecule has 0 radical (unpaired) electrons. The van der Waals surface area contributed by atoms with E-state index >= 15 is 0 Å². The average Bonchev–Trinajstić information content (AvgIpc) is 3.16. The molecule has 0 unspecified atom stereocenters. The second-order valence-electron chi connectivity index (χ2n) is 7.57. The van der Waals surface area contributed by atoms with E-state index in [1.807, 2.05) is 48.5 Å². The number of anilines is 2. The number of rotatable bonds is 6. The molecule has 0 bridgehead atoms. The molecule has 7 nitrogen and oxygen atoms in total. The molecule has 0 fully saturated rings. The largest absolute Gasteiger partial charge is 0.427 e. The molecule has 1 aromatic heterocycles. The number of halogens is 1. The van der Waals surface area contributed by atoms with Gasteiger partial charge in [0.1, 0.15) is 0 Å². The fraction of sp³-hybridized carbons (Fsp3) is 0.227. The summed E-state index contributed by atoms with van der Waals surface area (Å²) in [6.07, 6.45) is 1.38. The molecule has 0 aliphatic heterocycles. The summed E-state index contributed by atoms with van der Waals surface area (Å²) in [5.41, 5.74) is 2.27. The van der Waals surface area contributed by atoms with Gasteiger partial charge in [-0.15, -0.1) is 0 Å². The Morgan fingerprint density at radius 2 is 1.60 bits per heavy atom. The fourth-order valence-electron chi connectivity index (χ4n) is 2.49. The first-order valence-electron chi connectivity index (χ1n) is 9.25. The Hall–Kier alpha value is -3.32. The number of hydrogen-bond acceptors (Lipinski definition) is 6. The number of ether oxygens (including phenoxy) is 2. The first-order chi connectivity index (χ1) is 14.2. The summed E-state index contributed by atoms with van der Waals surface area (Å²) in [5, 5.41) is 3.76. The van der Waals surface area contributed by atoms with Crippen LogP contribution in [0.4, 0.5) is 11.5 Å². The lowest BCUT2D eigenvalue weighted by atomic mass is 9.98. The van der Waals surface area contributed by atoms with Crippen LogP contribution in [0.1, 0.15) is 31.3 Å². The quantitative estimate of drug-likeness (QED) is 0.416. The predicted molar refractivity (Wildman–Crippen MR) is 115 cm³/mol. The van der Waals surface area contributed by atoms with Crippen molar-refractivity contribution in [3.8, 4) is 11.1 Å². The van der Waals surface area contributed by atoms with Crippen LogP contribution >= 0.6 is 11.6 Å². The van der Waals surface area contributed by atoms with Crippen LogP contribution in [-0.2, 0) is 14.3 Å². The van der Waals surface area contributed by atoms with Crippen molar-refractivity contribution in [2.45, 2.75) is 20.8 Å². The molecule has 30 heavy (non-hydrogen) atoms. The van der Waals surface area contributed by atoms with Gasteiger partial charge in [0.15, 0.2) is 11.5 Å². The van der Waals surface area contributed by atoms with Crippen molar-refractivity contribution < 1.29 is 19.1 Å². The number of hydrogen-bond donors (Lipinski definition) is 2. The zero-order valence-electron chi connectivity index (χ0n) is 16.9. The minimum absolute atomic E-state index is 0.128. The Morgan fingerprint density at radius 1 is 1.00 bits per heavy atom. The topological polar surface area (TPSA) is 93.3 Å². The second-order valence-corrected chi connectivity index (χ2v) is 8.00. The zero-order chi connectivity index (χ0) is 21.7. The number of carbonyl (C=O) groups excluding carboxylic acids is 2. The van der Waals surface area contributed by atoms with Gasteiger partial charge in [-0.05, 0) is 56.2 Å². The van der Waals surface area contributed by atoms with Crippen molar-refractivity contribution in [2.75, 3.05) is 12.1 Å². The minimum atomic E-state index is -0.686. The summed E-state index contributed by atoms with van der Waals surface area (Å²) >= 11 is 5.93. The number of imidazole rings is 1. The van der Waals surface area contributed by atoms with E-state index in [0.717, 1.165) is 16.8 Å². The molecule has 0 spiro atoms. The molecular weight excluding hydrogens is 406 g/mol. The zero-order valence-corrected chi connectivity index (χ0v) is 17.6. The lowest BCUT2D eigenvalue weighted by molar-refractivity contribution is -0.161. The molecule has 2 N–H and O–H groups in total. The normalized spacial score (nSPS) is 11.1. The van der Waals surface area contributed by atoms with Crippen molar-refractivity contribution in [3.05, 3.63) is 65.6 Å². The SMILES string of the molecule is CC(C)(C)C(=O)OCOC(=O)c1[nH]cnc1Nc1ccc(-c2ccc(Cl)cc2)cc1. The molecule has 2 aromatic carbocycles. The standard InChI is InChI=1S/C22H22ClN3O4/c1-22(2,3)21(28)30-13-29-20(27)18-19(25-12-24-18)26-17-10-6-15(7-11-17)14-4-8-16(23)9-5-14/h4-12,26H,13H2,1-3H3,(H,24,25). The second kappa shape index (κ2) is 9.00. The van der Waals surface area contributed by atoms with Crippen molar-refractivity contribution in [1.29, 1.82) is 0 Å². The maximum absolute atomic E-state index is 12.3. The smallest absolute Gasteiger partial charge is 0.361 e. The summed E-state index contributed by atoms with van der Waals surface area (Å²) < 4.78 is 9.96. The van der Waals surface area contributed by atoms with Crippen LogP contribution in [0, 0.1) is 5.41 Å². The summed E-state index contributed by atoms with van der Waals surface area (Å²) in [4.78, 5) is 30.9. The molecule has 0 saturated heterocycles. The van der Waals surface area contributed by atoms with Crippen LogP contribution in [0.25, 0.3) is 11.1 Å². The molecule has 8 heteroatoms. The number of carbonyl (C=O) groups is 2. The first kappa shape index (κ1) is 21.4. The Labute approximate surface area is 179 Å². The van der Waals surface area contributed by atoms with Crippen molar-refractivity contribution in [2.24, 2.45) is 5.41 Å². The number of H-pyrrole nitrogens is 1. The first-order valence-corrected chi connectivity index (χ1v) is 9.62. The summed E-state index contributed by atoms with van der Waals surface area (Å²) in [5.74, 6) is -0.838.